The summed E-state index contributed by atoms with van der Waals surface area (Å²) >= 11 is 0. The molecular formula is C20H27F3N2O2. The number of benzene rings is 1. The van der Waals surface area contributed by atoms with Crippen molar-refractivity contribution in [2.45, 2.75) is 45.7 Å². The van der Waals surface area contributed by atoms with Crippen LogP contribution in [0.15, 0.2) is 24.3 Å². The molecule has 0 bridgehead atoms. The average Bonchev–Trinajstić information content (AvgIpc) is 2.67. The number of rotatable bonds is 6. The number of alkyl halides is 3. The largest absolute Gasteiger partial charge is 0.416 e. The molecule has 1 aliphatic rings. The van der Waals surface area contributed by atoms with Crippen molar-refractivity contribution in [3.05, 3.63) is 35.4 Å². The number of piperidine rings is 1. The van der Waals surface area contributed by atoms with Gasteiger partial charge in [-0.25, -0.2) is 0 Å². The molecule has 1 aromatic rings. The Kier molecular flexibility index (Phi) is 7.27. The van der Waals surface area contributed by atoms with E-state index in [1.807, 2.05) is 11.8 Å². The highest BCUT2D eigenvalue weighted by Crippen LogP contribution is 2.29. The number of hydrogen-bond donors (Lipinski definition) is 0. The number of amides is 2. The van der Waals surface area contributed by atoms with E-state index in [0.717, 1.165) is 31.5 Å². The molecule has 0 saturated carbocycles. The summed E-state index contributed by atoms with van der Waals surface area (Å²) in [6.07, 6.45) is -1.22. The van der Waals surface area contributed by atoms with Gasteiger partial charge in [-0.3, -0.25) is 9.59 Å². The van der Waals surface area contributed by atoms with Gasteiger partial charge < -0.3 is 9.80 Å². The van der Waals surface area contributed by atoms with E-state index in [9.17, 15) is 22.8 Å². The summed E-state index contributed by atoms with van der Waals surface area (Å²) in [7, 11) is 0. The number of carbonyl (C=O) groups is 2. The molecular weight excluding hydrogens is 357 g/mol. The molecule has 0 unspecified atom stereocenters. The molecule has 0 aliphatic carbocycles. The maximum atomic E-state index is 12.6. The highest BCUT2D eigenvalue weighted by molar-refractivity contribution is 5.94. The molecule has 2 rings (SSSR count). The van der Waals surface area contributed by atoms with Gasteiger partial charge in [0.15, 0.2) is 0 Å². The monoisotopic (exact) mass is 384 g/mol. The minimum atomic E-state index is -4.41. The molecule has 4 nitrogen and oxygen atoms in total. The third kappa shape index (κ3) is 5.47. The molecule has 0 radical (unpaired) electrons. The SMILES string of the molecule is CCCCN(CC)C(=O)C1CCN(C(=O)c2ccc(C(F)(F)F)cc2)CC1. The minimum Gasteiger partial charge on any atom is -0.343 e. The lowest BCUT2D eigenvalue weighted by Gasteiger charge is -2.34. The molecule has 1 heterocycles. The minimum absolute atomic E-state index is 0.0848. The third-order valence-corrected chi connectivity index (χ3v) is 5.07. The van der Waals surface area contributed by atoms with E-state index in [0.29, 0.717) is 32.5 Å². The molecule has 1 fully saturated rings. The first-order valence-electron chi connectivity index (χ1n) is 9.53. The number of nitrogens with zero attached hydrogens (tertiary/aromatic N) is 2. The van der Waals surface area contributed by atoms with Crippen molar-refractivity contribution in [2.24, 2.45) is 5.92 Å². The Morgan fingerprint density at radius 3 is 2.19 bits per heavy atom. The van der Waals surface area contributed by atoms with Gasteiger partial charge in [-0.05, 0) is 50.5 Å². The van der Waals surface area contributed by atoms with Gasteiger partial charge in [0.2, 0.25) is 5.91 Å². The zero-order chi connectivity index (χ0) is 20.0. The normalized spacial score (nSPS) is 15.7. The van der Waals surface area contributed by atoms with Crippen molar-refractivity contribution < 1.29 is 22.8 Å². The van der Waals surface area contributed by atoms with Gasteiger partial charge in [-0.15, -0.1) is 0 Å². The topological polar surface area (TPSA) is 40.6 Å². The molecule has 0 N–H and O–H groups in total. The smallest absolute Gasteiger partial charge is 0.343 e. The van der Waals surface area contributed by atoms with E-state index >= 15 is 0 Å². The van der Waals surface area contributed by atoms with Crippen molar-refractivity contribution in [1.82, 2.24) is 9.80 Å². The molecule has 7 heteroatoms. The number of halogens is 3. The van der Waals surface area contributed by atoms with Crippen molar-refractivity contribution in [3.63, 3.8) is 0 Å². The summed E-state index contributed by atoms with van der Waals surface area (Å²) in [5.74, 6) is -0.223. The van der Waals surface area contributed by atoms with Crippen LogP contribution in [0.2, 0.25) is 0 Å². The Hall–Kier alpha value is -2.05. The van der Waals surface area contributed by atoms with Gasteiger partial charge in [-0.1, -0.05) is 13.3 Å². The Labute approximate surface area is 158 Å². The van der Waals surface area contributed by atoms with E-state index < -0.39 is 11.7 Å². The predicted molar refractivity (Wildman–Crippen MR) is 97.2 cm³/mol. The Morgan fingerprint density at radius 1 is 1.11 bits per heavy atom. The van der Waals surface area contributed by atoms with Crippen molar-refractivity contribution in [1.29, 1.82) is 0 Å². The summed E-state index contributed by atoms with van der Waals surface area (Å²) in [6.45, 7) is 6.39. The predicted octanol–water partition coefficient (Wildman–Crippen LogP) is 4.21. The third-order valence-electron chi connectivity index (χ3n) is 5.07. The fourth-order valence-corrected chi connectivity index (χ4v) is 3.35. The second-order valence-electron chi connectivity index (χ2n) is 6.91. The number of carbonyl (C=O) groups excluding carboxylic acids is 2. The Balaban J connectivity index is 1.92. The summed E-state index contributed by atoms with van der Waals surface area (Å²) in [5, 5.41) is 0. The first kappa shape index (κ1) is 21.3. The van der Waals surface area contributed by atoms with Crippen LogP contribution in [-0.2, 0) is 11.0 Å². The maximum Gasteiger partial charge on any atom is 0.416 e. The summed E-state index contributed by atoms with van der Waals surface area (Å²) in [4.78, 5) is 28.6. The second-order valence-corrected chi connectivity index (χ2v) is 6.91. The zero-order valence-electron chi connectivity index (χ0n) is 15.9. The van der Waals surface area contributed by atoms with E-state index in [4.69, 9.17) is 0 Å². The lowest BCUT2D eigenvalue weighted by Crippen LogP contribution is -2.44. The van der Waals surface area contributed by atoms with Crippen LogP contribution in [0.3, 0.4) is 0 Å². The van der Waals surface area contributed by atoms with Gasteiger partial charge in [0, 0.05) is 37.7 Å². The highest BCUT2D eigenvalue weighted by atomic mass is 19.4. The first-order chi connectivity index (χ1) is 12.8. The fourth-order valence-electron chi connectivity index (χ4n) is 3.35. The molecule has 1 saturated heterocycles. The molecule has 150 valence electrons. The van der Waals surface area contributed by atoms with Crippen LogP contribution in [0.25, 0.3) is 0 Å². The quantitative estimate of drug-likeness (QED) is 0.737. The van der Waals surface area contributed by atoms with Gasteiger partial charge in [0.05, 0.1) is 5.56 Å². The van der Waals surface area contributed by atoms with E-state index in [-0.39, 0.29) is 23.3 Å². The standard InChI is InChI=1S/C20H27F3N2O2/c1-3-5-12-24(4-2)18(26)16-10-13-25(14-11-16)19(27)15-6-8-17(9-7-15)20(21,22)23/h6-9,16H,3-5,10-14H2,1-2H3. The number of unbranched alkanes of at least 4 members (excludes halogenated alkanes) is 1. The van der Waals surface area contributed by atoms with E-state index in [1.54, 1.807) is 4.90 Å². The number of hydrogen-bond acceptors (Lipinski definition) is 2. The molecule has 0 aromatic heterocycles. The molecule has 27 heavy (non-hydrogen) atoms. The van der Waals surface area contributed by atoms with Gasteiger partial charge in [-0.2, -0.15) is 13.2 Å². The highest BCUT2D eigenvalue weighted by Gasteiger charge is 2.32. The average molecular weight is 384 g/mol. The van der Waals surface area contributed by atoms with E-state index in [1.165, 1.54) is 12.1 Å². The molecule has 0 spiro atoms. The first-order valence-corrected chi connectivity index (χ1v) is 9.53. The second kappa shape index (κ2) is 9.24. The molecule has 1 aliphatic heterocycles. The van der Waals surface area contributed by atoms with Crippen molar-refractivity contribution in [2.75, 3.05) is 26.2 Å². The van der Waals surface area contributed by atoms with Crippen molar-refractivity contribution in [3.8, 4) is 0 Å². The van der Waals surface area contributed by atoms with Crippen LogP contribution in [0, 0.1) is 5.92 Å². The molecule has 0 atom stereocenters. The lowest BCUT2D eigenvalue weighted by atomic mass is 9.94. The molecule has 1 aromatic carbocycles. The van der Waals surface area contributed by atoms with Crippen LogP contribution in [0.1, 0.15) is 55.5 Å². The molecule has 2 amide bonds. The van der Waals surface area contributed by atoms with E-state index in [2.05, 4.69) is 6.92 Å². The van der Waals surface area contributed by atoms with Gasteiger partial charge in [0.1, 0.15) is 0 Å². The Morgan fingerprint density at radius 2 is 1.70 bits per heavy atom. The van der Waals surface area contributed by atoms with Crippen molar-refractivity contribution >= 4 is 11.8 Å². The number of likely N-dealkylation sites (tertiary alicyclic amines) is 1. The van der Waals surface area contributed by atoms with Crippen LogP contribution in [0.4, 0.5) is 13.2 Å². The Bertz CT molecular complexity index is 636. The maximum absolute atomic E-state index is 12.6. The van der Waals surface area contributed by atoms with Crippen LogP contribution in [0.5, 0.6) is 0 Å². The van der Waals surface area contributed by atoms with Crippen LogP contribution < -0.4 is 0 Å². The van der Waals surface area contributed by atoms with Gasteiger partial charge >= 0.3 is 6.18 Å². The lowest BCUT2D eigenvalue weighted by molar-refractivity contribution is -0.138. The van der Waals surface area contributed by atoms with Crippen LogP contribution >= 0.6 is 0 Å². The summed E-state index contributed by atoms with van der Waals surface area (Å²) in [6, 6.07) is 4.28. The fraction of sp³-hybridized carbons (Fsp3) is 0.600. The summed E-state index contributed by atoms with van der Waals surface area (Å²) < 4.78 is 37.9. The van der Waals surface area contributed by atoms with Crippen LogP contribution in [-0.4, -0.2) is 47.8 Å². The zero-order valence-corrected chi connectivity index (χ0v) is 15.9. The summed E-state index contributed by atoms with van der Waals surface area (Å²) in [5.41, 5.74) is -0.527. The van der Waals surface area contributed by atoms with Gasteiger partial charge in [0.25, 0.3) is 5.91 Å².